The standard InChI is InChI=1S/C22H19FN2O3/c1-12(2)25(3)18-10-14-8-13(22(26)27)4-6-17(14)24-21(18)20-11-15-9-16(23)5-7-19(15)28-20/h4-12H,1-3H3,(H,26,27). The fraction of sp³-hybridized carbons (Fsp3) is 0.182. The van der Waals surface area contributed by atoms with Crippen molar-refractivity contribution in [3.05, 3.63) is 59.9 Å². The van der Waals surface area contributed by atoms with E-state index in [0.29, 0.717) is 27.9 Å². The topological polar surface area (TPSA) is 66.6 Å². The third-order valence-corrected chi connectivity index (χ3v) is 4.91. The van der Waals surface area contributed by atoms with Crippen LogP contribution in [0.25, 0.3) is 33.3 Å². The molecule has 28 heavy (non-hydrogen) atoms. The van der Waals surface area contributed by atoms with Gasteiger partial charge in [0.25, 0.3) is 0 Å². The molecule has 0 atom stereocenters. The van der Waals surface area contributed by atoms with Crippen molar-refractivity contribution in [2.24, 2.45) is 0 Å². The second kappa shape index (κ2) is 6.64. The molecule has 4 aromatic rings. The number of halogens is 1. The van der Waals surface area contributed by atoms with Crippen molar-refractivity contribution in [1.29, 1.82) is 0 Å². The summed E-state index contributed by atoms with van der Waals surface area (Å²) in [6.07, 6.45) is 0. The van der Waals surface area contributed by atoms with E-state index in [-0.39, 0.29) is 17.4 Å². The van der Waals surface area contributed by atoms with Crippen molar-refractivity contribution < 1.29 is 18.7 Å². The lowest BCUT2D eigenvalue weighted by atomic mass is 10.1. The van der Waals surface area contributed by atoms with E-state index >= 15 is 0 Å². The van der Waals surface area contributed by atoms with Crippen LogP contribution < -0.4 is 4.90 Å². The highest BCUT2D eigenvalue weighted by atomic mass is 19.1. The maximum Gasteiger partial charge on any atom is 0.335 e. The van der Waals surface area contributed by atoms with E-state index in [1.54, 1.807) is 24.3 Å². The SMILES string of the molecule is CC(C)N(C)c1cc2cc(C(=O)O)ccc2nc1-c1cc2cc(F)ccc2o1. The van der Waals surface area contributed by atoms with Crippen LogP contribution in [0.1, 0.15) is 24.2 Å². The smallest absolute Gasteiger partial charge is 0.335 e. The predicted octanol–water partition coefficient (Wildman–Crippen LogP) is 5.33. The Labute approximate surface area is 161 Å². The molecule has 0 radical (unpaired) electrons. The zero-order chi connectivity index (χ0) is 20.0. The summed E-state index contributed by atoms with van der Waals surface area (Å²) < 4.78 is 19.5. The summed E-state index contributed by atoms with van der Waals surface area (Å²) >= 11 is 0. The first kappa shape index (κ1) is 18.0. The molecular formula is C22H19FN2O3. The average Bonchev–Trinajstić information content (AvgIpc) is 3.08. The first-order chi connectivity index (χ1) is 13.3. The van der Waals surface area contributed by atoms with Gasteiger partial charge in [0.1, 0.15) is 17.1 Å². The van der Waals surface area contributed by atoms with Crippen molar-refractivity contribution in [2.45, 2.75) is 19.9 Å². The Morgan fingerprint density at radius 1 is 1.11 bits per heavy atom. The number of pyridine rings is 1. The Kier molecular flexibility index (Phi) is 4.26. The van der Waals surface area contributed by atoms with E-state index in [4.69, 9.17) is 9.40 Å². The van der Waals surface area contributed by atoms with Crippen molar-refractivity contribution in [3.8, 4) is 11.5 Å². The fourth-order valence-electron chi connectivity index (χ4n) is 3.16. The van der Waals surface area contributed by atoms with Gasteiger partial charge in [-0.05, 0) is 62.4 Å². The summed E-state index contributed by atoms with van der Waals surface area (Å²) in [5.74, 6) is -0.775. The number of aromatic carboxylic acids is 1. The molecule has 0 fully saturated rings. The number of anilines is 1. The van der Waals surface area contributed by atoms with Gasteiger partial charge in [-0.3, -0.25) is 0 Å². The van der Waals surface area contributed by atoms with E-state index in [0.717, 1.165) is 11.1 Å². The van der Waals surface area contributed by atoms with Gasteiger partial charge in [-0.15, -0.1) is 0 Å². The monoisotopic (exact) mass is 378 g/mol. The molecule has 0 aliphatic carbocycles. The molecule has 1 N–H and O–H groups in total. The van der Waals surface area contributed by atoms with E-state index in [9.17, 15) is 14.3 Å². The number of carboxylic acids is 1. The van der Waals surface area contributed by atoms with Crippen LogP contribution in [0, 0.1) is 5.82 Å². The van der Waals surface area contributed by atoms with Crippen LogP contribution in [0.15, 0.2) is 52.9 Å². The van der Waals surface area contributed by atoms with Gasteiger partial charge < -0.3 is 14.4 Å². The lowest BCUT2D eigenvalue weighted by Gasteiger charge is -2.25. The largest absolute Gasteiger partial charge is 0.478 e. The van der Waals surface area contributed by atoms with E-state index in [1.807, 2.05) is 18.0 Å². The summed E-state index contributed by atoms with van der Waals surface area (Å²) in [6, 6.07) is 13.1. The Bertz CT molecular complexity index is 1210. The maximum absolute atomic E-state index is 13.6. The summed E-state index contributed by atoms with van der Waals surface area (Å²) in [5, 5.41) is 10.7. The number of rotatable bonds is 4. The predicted molar refractivity (Wildman–Crippen MR) is 107 cm³/mol. The minimum Gasteiger partial charge on any atom is -0.478 e. The number of fused-ring (bicyclic) bond motifs is 2. The van der Waals surface area contributed by atoms with Gasteiger partial charge in [-0.1, -0.05) is 0 Å². The molecule has 0 saturated carbocycles. The van der Waals surface area contributed by atoms with Gasteiger partial charge in [0.15, 0.2) is 5.76 Å². The van der Waals surface area contributed by atoms with Gasteiger partial charge in [0, 0.05) is 23.9 Å². The number of furan rings is 1. The number of aromatic nitrogens is 1. The lowest BCUT2D eigenvalue weighted by molar-refractivity contribution is 0.0697. The van der Waals surface area contributed by atoms with Gasteiger partial charge in [-0.25, -0.2) is 14.2 Å². The summed E-state index contributed by atoms with van der Waals surface area (Å²) in [6.45, 7) is 4.10. The highest BCUT2D eigenvalue weighted by molar-refractivity contribution is 5.96. The molecule has 5 nitrogen and oxygen atoms in total. The number of nitrogens with zero attached hydrogens (tertiary/aromatic N) is 2. The third kappa shape index (κ3) is 3.07. The molecule has 4 rings (SSSR count). The Morgan fingerprint density at radius 2 is 1.89 bits per heavy atom. The van der Waals surface area contributed by atoms with Gasteiger partial charge in [-0.2, -0.15) is 0 Å². The quantitative estimate of drug-likeness (QED) is 0.520. The molecule has 0 amide bonds. The number of carboxylic acid groups (broad SMARTS) is 1. The molecule has 0 unspecified atom stereocenters. The average molecular weight is 378 g/mol. The van der Waals surface area contributed by atoms with Crippen molar-refractivity contribution >= 4 is 33.5 Å². The second-order valence-electron chi connectivity index (χ2n) is 7.07. The van der Waals surface area contributed by atoms with Crippen LogP contribution in [-0.2, 0) is 0 Å². The first-order valence-electron chi connectivity index (χ1n) is 8.94. The minimum absolute atomic E-state index is 0.183. The molecule has 142 valence electrons. The second-order valence-corrected chi connectivity index (χ2v) is 7.07. The fourth-order valence-corrected chi connectivity index (χ4v) is 3.16. The zero-order valence-electron chi connectivity index (χ0n) is 15.7. The molecule has 2 aromatic carbocycles. The van der Waals surface area contributed by atoms with E-state index in [2.05, 4.69) is 13.8 Å². The van der Waals surface area contributed by atoms with Crippen molar-refractivity contribution in [1.82, 2.24) is 4.98 Å². The van der Waals surface area contributed by atoms with Gasteiger partial charge in [0.2, 0.25) is 0 Å². The van der Waals surface area contributed by atoms with Gasteiger partial charge in [0.05, 0.1) is 16.8 Å². The number of hydrogen-bond acceptors (Lipinski definition) is 4. The normalized spacial score (nSPS) is 11.5. The Balaban J connectivity index is 1.97. The molecule has 2 aromatic heterocycles. The summed E-state index contributed by atoms with van der Waals surface area (Å²) in [7, 11) is 1.94. The molecule has 0 spiro atoms. The van der Waals surface area contributed by atoms with E-state index in [1.165, 1.54) is 18.2 Å². The Morgan fingerprint density at radius 3 is 2.61 bits per heavy atom. The van der Waals surface area contributed by atoms with Crippen molar-refractivity contribution in [2.75, 3.05) is 11.9 Å². The first-order valence-corrected chi connectivity index (χ1v) is 8.94. The molecule has 0 aliphatic rings. The Hall–Kier alpha value is -3.41. The summed E-state index contributed by atoms with van der Waals surface area (Å²) in [5.41, 5.74) is 2.89. The molecule has 0 saturated heterocycles. The van der Waals surface area contributed by atoms with Crippen LogP contribution in [0.3, 0.4) is 0 Å². The number of carbonyl (C=O) groups is 1. The third-order valence-electron chi connectivity index (χ3n) is 4.91. The van der Waals surface area contributed by atoms with Crippen molar-refractivity contribution in [3.63, 3.8) is 0 Å². The number of hydrogen-bond donors (Lipinski definition) is 1. The van der Waals surface area contributed by atoms with Crippen LogP contribution in [-0.4, -0.2) is 29.1 Å². The van der Waals surface area contributed by atoms with E-state index < -0.39 is 5.97 Å². The van der Waals surface area contributed by atoms with Crippen LogP contribution in [0.2, 0.25) is 0 Å². The molecule has 0 bridgehead atoms. The molecule has 0 aliphatic heterocycles. The van der Waals surface area contributed by atoms with Gasteiger partial charge >= 0.3 is 5.97 Å². The summed E-state index contributed by atoms with van der Waals surface area (Å²) in [4.78, 5) is 18.1. The van der Waals surface area contributed by atoms with Crippen LogP contribution >= 0.6 is 0 Å². The van der Waals surface area contributed by atoms with Crippen LogP contribution in [0.4, 0.5) is 10.1 Å². The lowest BCUT2D eigenvalue weighted by Crippen LogP contribution is -2.26. The minimum atomic E-state index is -0.982. The molecular weight excluding hydrogens is 359 g/mol. The maximum atomic E-state index is 13.6. The molecule has 6 heteroatoms. The molecule has 2 heterocycles. The highest BCUT2D eigenvalue weighted by Crippen LogP contribution is 2.36. The number of benzene rings is 2. The highest BCUT2D eigenvalue weighted by Gasteiger charge is 2.19. The zero-order valence-corrected chi connectivity index (χ0v) is 15.7. The van der Waals surface area contributed by atoms with Crippen LogP contribution in [0.5, 0.6) is 0 Å².